The SMILES string of the molecule is Cc1cccc2nc(CSc3nncs3)cc(=O)n12. The molecule has 3 rings (SSSR count). The maximum absolute atomic E-state index is 12.1. The van der Waals surface area contributed by atoms with Gasteiger partial charge in [0.1, 0.15) is 11.2 Å². The number of rotatable bonds is 3. The fourth-order valence-electron chi connectivity index (χ4n) is 1.80. The highest BCUT2D eigenvalue weighted by atomic mass is 32.2. The lowest BCUT2D eigenvalue weighted by molar-refractivity contribution is 0.966. The first-order chi connectivity index (χ1) is 9.24. The third kappa shape index (κ3) is 2.52. The summed E-state index contributed by atoms with van der Waals surface area (Å²) in [6.45, 7) is 1.89. The molecule has 5 nitrogen and oxygen atoms in total. The lowest BCUT2D eigenvalue weighted by atomic mass is 10.3. The summed E-state index contributed by atoms with van der Waals surface area (Å²) in [5.41, 5.74) is 3.97. The molecule has 0 unspecified atom stereocenters. The monoisotopic (exact) mass is 290 g/mol. The van der Waals surface area contributed by atoms with Gasteiger partial charge >= 0.3 is 0 Å². The summed E-state index contributed by atoms with van der Waals surface area (Å²) in [6, 6.07) is 7.21. The van der Waals surface area contributed by atoms with Crippen molar-refractivity contribution < 1.29 is 0 Å². The number of aromatic nitrogens is 4. The maximum atomic E-state index is 12.1. The number of hydrogen-bond donors (Lipinski definition) is 0. The van der Waals surface area contributed by atoms with Crippen LogP contribution in [0.5, 0.6) is 0 Å². The number of fused-ring (bicyclic) bond motifs is 1. The van der Waals surface area contributed by atoms with E-state index in [9.17, 15) is 4.79 Å². The number of hydrogen-bond acceptors (Lipinski definition) is 6. The van der Waals surface area contributed by atoms with Gasteiger partial charge in [0.2, 0.25) is 0 Å². The molecule has 3 aromatic heterocycles. The van der Waals surface area contributed by atoms with Gasteiger partial charge < -0.3 is 0 Å². The summed E-state index contributed by atoms with van der Waals surface area (Å²) in [6.07, 6.45) is 0. The molecule has 0 N–H and O–H groups in total. The van der Waals surface area contributed by atoms with Crippen molar-refractivity contribution in [1.29, 1.82) is 0 Å². The molecule has 0 aliphatic rings. The van der Waals surface area contributed by atoms with Crippen LogP contribution in [0.1, 0.15) is 11.4 Å². The second-order valence-electron chi connectivity index (χ2n) is 3.94. The Morgan fingerprint density at radius 2 is 2.32 bits per heavy atom. The molecular formula is C12H10N4OS2. The van der Waals surface area contributed by atoms with Crippen LogP contribution in [0, 0.1) is 6.92 Å². The minimum Gasteiger partial charge on any atom is -0.269 e. The quantitative estimate of drug-likeness (QED) is 0.692. The van der Waals surface area contributed by atoms with E-state index >= 15 is 0 Å². The van der Waals surface area contributed by atoms with Gasteiger partial charge in [-0.1, -0.05) is 29.2 Å². The summed E-state index contributed by atoms with van der Waals surface area (Å²) >= 11 is 3.02. The highest BCUT2D eigenvalue weighted by Gasteiger charge is 2.05. The zero-order chi connectivity index (χ0) is 13.2. The van der Waals surface area contributed by atoms with Gasteiger partial charge in [0.25, 0.3) is 5.56 Å². The molecule has 3 heterocycles. The van der Waals surface area contributed by atoms with Gasteiger partial charge in [-0.05, 0) is 19.1 Å². The second kappa shape index (κ2) is 5.10. The van der Waals surface area contributed by atoms with Crippen LogP contribution in [0.3, 0.4) is 0 Å². The van der Waals surface area contributed by atoms with E-state index in [0.717, 1.165) is 15.7 Å². The standard InChI is InChI=1S/C12H10N4OS2/c1-8-3-2-4-10-14-9(5-11(17)16(8)10)6-18-12-15-13-7-19-12/h2-5,7H,6H2,1H3. The summed E-state index contributed by atoms with van der Waals surface area (Å²) in [5.74, 6) is 0.620. The lowest BCUT2D eigenvalue weighted by Gasteiger charge is -2.05. The van der Waals surface area contributed by atoms with Crippen molar-refractivity contribution in [3.63, 3.8) is 0 Å². The van der Waals surface area contributed by atoms with Gasteiger partial charge in [-0.3, -0.25) is 9.20 Å². The largest absolute Gasteiger partial charge is 0.269 e. The van der Waals surface area contributed by atoms with Crippen molar-refractivity contribution in [1.82, 2.24) is 19.6 Å². The third-order valence-electron chi connectivity index (χ3n) is 2.62. The van der Waals surface area contributed by atoms with Gasteiger partial charge in [0, 0.05) is 17.5 Å². The van der Waals surface area contributed by atoms with Crippen molar-refractivity contribution >= 4 is 28.7 Å². The van der Waals surface area contributed by atoms with Crippen LogP contribution in [0.25, 0.3) is 5.65 Å². The third-order valence-corrected chi connectivity index (χ3v) is 4.51. The van der Waals surface area contributed by atoms with Crippen LogP contribution in [0.15, 0.2) is 38.9 Å². The van der Waals surface area contributed by atoms with E-state index < -0.39 is 0 Å². The predicted molar refractivity (Wildman–Crippen MR) is 75.7 cm³/mol. The number of pyridine rings is 1. The Morgan fingerprint density at radius 1 is 1.42 bits per heavy atom. The fraction of sp³-hybridized carbons (Fsp3) is 0.167. The Morgan fingerprint density at radius 3 is 3.11 bits per heavy atom. The molecule has 0 atom stereocenters. The first-order valence-corrected chi connectivity index (χ1v) is 7.48. The van der Waals surface area contributed by atoms with E-state index in [1.54, 1.807) is 16.0 Å². The van der Waals surface area contributed by atoms with Crippen LogP contribution >= 0.6 is 23.1 Å². The summed E-state index contributed by atoms with van der Waals surface area (Å²) in [7, 11) is 0. The Balaban J connectivity index is 1.95. The van der Waals surface area contributed by atoms with Crippen LogP contribution < -0.4 is 5.56 Å². The Labute approximate surface area is 117 Å². The average Bonchev–Trinajstić information content (AvgIpc) is 2.89. The summed E-state index contributed by atoms with van der Waals surface area (Å²) in [4.78, 5) is 16.6. The van der Waals surface area contributed by atoms with Gasteiger partial charge in [-0.2, -0.15) is 0 Å². The van der Waals surface area contributed by atoms with Crippen molar-refractivity contribution in [3.8, 4) is 0 Å². The Bertz CT molecular complexity index is 767. The van der Waals surface area contributed by atoms with Gasteiger partial charge in [0.05, 0.1) is 5.69 Å². The van der Waals surface area contributed by atoms with Gasteiger partial charge in [-0.15, -0.1) is 10.2 Å². The van der Waals surface area contributed by atoms with E-state index in [2.05, 4.69) is 15.2 Å². The number of thioether (sulfide) groups is 1. The minimum absolute atomic E-state index is 0.0454. The molecule has 0 saturated heterocycles. The van der Waals surface area contributed by atoms with Crippen molar-refractivity contribution in [2.24, 2.45) is 0 Å². The van der Waals surface area contributed by atoms with Gasteiger partial charge in [0.15, 0.2) is 4.34 Å². The molecule has 0 fully saturated rings. The topological polar surface area (TPSA) is 60.2 Å². The number of aryl methyl sites for hydroxylation is 1. The van der Waals surface area contributed by atoms with E-state index in [0.29, 0.717) is 11.4 Å². The van der Waals surface area contributed by atoms with E-state index in [-0.39, 0.29) is 5.56 Å². The maximum Gasteiger partial charge on any atom is 0.258 e. The highest BCUT2D eigenvalue weighted by molar-refractivity contribution is 8.00. The first-order valence-electron chi connectivity index (χ1n) is 5.61. The number of nitrogens with zero attached hydrogens (tertiary/aromatic N) is 4. The van der Waals surface area contributed by atoms with Crippen molar-refractivity contribution in [3.05, 3.63) is 51.5 Å². The first kappa shape index (κ1) is 12.3. The van der Waals surface area contributed by atoms with E-state index in [1.165, 1.54) is 23.1 Å². The molecule has 0 aliphatic carbocycles. The zero-order valence-corrected chi connectivity index (χ0v) is 11.7. The van der Waals surface area contributed by atoms with Crippen LogP contribution in [-0.2, 0) is 5.75 Å². The van der Waals surface area contributed by atoms with Crippen molar-refractivity contribution in [2.75, 3.05) is 0 Å². The normalized spacial score (nSPS) is 11.0. The van der Waals surface area contributed by atoms with Crippen molar-refractivity contribution in [2.45, 2.75) is 17.0 Å². The molecule has 0 saturated carbocycles. The Kier molecular flexibility index (Phi) is 3.31. The molecule has 0 aliphatic heterocycles. The van der Waals surface area contributed by atoms with E-state index in [4.69, 9.17) is 0 Å². The molecule has 7 heteroatoms. The molecule has 96 valence electrons. The molecule has 0 radical (unpaired) electrons. The fourth-order valence-corrected chi connectivity index (χ4v) is 3.18. The molecular weight excluding hydrogens is 280 g/mol. The molecule has 0 spiro atoms. The summed E-state index contributed by atoms with van der Waals surface area (Å²) in [5, 5.41) is 7.73. The molecule has 0 bridgehead atoms. The minimum atomic E-state index is -0.0454. The summed E-state index contributed by atoms with van der Waals surface area (Å²) < 4.78 is 2.49. The molecule has 0 aromatic carbocycles. The molecule has 19 heavy (non-hydrogen) atoms. The Hall–Kier alpha value is -1.73. The van der Waals surface area contributed by atoms with E-state index in [1.807, 2.05) is 25.1 Å². The van der Waals surface area contributed by atoms with Crippen LogP contribution in [0.4, 0.5) is 0 Å². The molecule has 3 aromatic rings. The average molecular weight is 290 g/mol. The zero-order valence-electron chi connectivity index (χ0n) is 10.1. The van der Waals surface area contributed by atoms with Crippen LogP contribution in [0.2, 0.25) is 0 Å². The second-order valence-corrected chi connectivity index (χ2v) is 6.00. The highest BCUT2D eigenvalue weighted by Crippen LogP contribution is 2.22. The van der Waals surface area contributed by atoms with Crippen LogP contribution in [-0.4, -0.2) is 19.6 Å². The molecule has 0 amide bonds. The lowest BCUT2D eigenvalue weighted by Crippen LogP contribution is -2.17. The smallest absolute Gasteiger partial charge is 0.258 e. The predicted octanol–water partition coefficient (Wildman–Crippen LogP) is 2.15. The van der Waals surface area contributed by atoms with Gasteiger partial charge in [-0.25, -0.2) is 4.98 Å².